The standard InChI is InChI=1S/C11H15F2NO/c1-11(2,3)15-10-7(6-14)4-5-8(12)9(10)13/h4-5H,6,14H2,1-3H3. The second-order valence-corrected chi connectivity index (χ2v) is 4.27. The summed E-state index contributed by atoms with van der Waals surface area (Å²) in [5.74, 6) is -2.00. The van der Waals surface area contributed by atoms with Crippen molar-refractivity contribution in [3.8, 4) is 5.75 Å². The molecule has 0 saturated carbocycles. The first kappa shape index (κ1) is 11.9. The van der Waals surface area contributed by atoms with Gasteiger partial charge >= 0.3 is 0 Å². The SMILES string of the molecule is CC(C)(C)Oc1c(CN)ccc(F)c1F. The molecule has 2 nitrogen and oxygen atoms in total. The number of hydrogen-bond acceptors (Lipinski definition) is 2. The lowest BCUT2D eigenvalue weighted by molar-refractivity contribution is 0.121. The molecule has 0 atom stereocenters. The van der Waals surface area contributed by atoms with Crippen molar-refractivity contribution in [3.05, 3.63) is 29.3 Å². The Kier molecular flexibility index (Phi) is 3.29. The van der Waals surface area contributed by atoms with Crippen molar-refractivity contribution in [2.75, 3.05) is 0 Å². The molecule has 0 spiro atoms. The van der Waals surface area contributed by atoms with Gasteiger partial charge in [0.1, 0.15) is 5.60 Å². The normalized spacial score (nSPS) is 11.6. The number of hydrogen-bond donors (Lipinski definition) is 1. The van der Waals surface area contributed by atoms with Crippen LogP contribution in [-0.2, 0) is 6.54 Å². The van der Waals surface area contributed by atoms with Crippen molar-refractivity contribution < 1.29 is 13.5 Å². The third kappa shape index (κ3) is 2.89. The fourth-order valence-corrected chi connectivity index (χ4v) is 1.15. The highest BCUT2D eigenvalue weighted by atomic mass is 19.2. The third-order valence-corrected chi connectivity index (χ3v) is 1.76. The van der Waals surface area contributed by atoms with E-state index in [1.807, 2.05) is 0 Å². The summed E-state index contributed by atoms with van der Waals surface area (Å²) in [4.78, 5) is 0. The van der Waals surface area contributed by atoms with Crippen LogP contribution in [0.3, 0.4) is 0 Å². The van der Waals surface area contributed by atoms with Crippen molar-refractivity contribution in [2.24, 2.45) is 5.73 Å². The maximum absolute atomic E-state index is 13.4. The molecule has 0 fully saturated rings. The van der Waals surface area contributed by atoms with Gasteiger partial charge in [-0.1, -0.05) is 6.07 Å². The van der Waals surface area contributed by atoms with Crippen LogP contribution in [-0.4, -0.2) is 5.60 Å². The molecule has 1 aromatic rings. The Labute approximate surface area is 88.0 Å². The number of halogens is 2. The smallest absolute Gasteiger partial charge is 0.200 e. The Morgan fingerprint density at radius 1 is 1.27 bits per heavy atom. The monoisotopic (exact) mass is 215 g/mol. The molecule has 2 N–H and O–H groups in total. The summed E-state index contributed by atoms with van der Waals surface area (Å²) >= 11 is 0. The van der Waals surface area contributed by atoms with Crippen LogP contribution in [0.2, 0.25) is 0 Å². The predicted molar refractivity (Wildman–Crippen MR) is 54.6 cm³/mol. The molecule has 15 heavy (non-hydrogen) atoms. The summed E-state index contributed by atoms with van der Waals surface area (Å²) < 4.78 is 31.7. The molecule has 0 aliphatic heterocycles. The zero-order chi connectivity index (χ0) is 11.6. The zero-order valence-corrected chi connectivity index (χ0v) is 9.10. The fraction of sp³-hybridized carbons (Fsp3) is 0.455. The number of rotatable bonds is 2. The largest absolute Gasteiger partial charge is 0.485 e. The van der Waals surface area contributed by atoms with E-state index in [4.69, 9.17) is 10.5 Å². The fourth-order valence-electron chi connectivity index (χ4n) is 1.15. The molecule has 4 heteroatoms. The molecule has 0 aromatic heterocycles. The van der Waals surface area contributed by atoms with Crippen LogP contribution < -0.4 is 10.5 Å². The lowest BCUT2D eigenvalue weighted by Gasteiger charge is -2.23. The molecular formula is C11H15F2NO. The Bertz CT molecular complexity index is 358. The van der Waals surface area contributed by atoms with E-state index in [0.717, 1.165) is 6.07 Å². The first-order chi connectivity index (χ1) is 6.85. The highest BCUT2D eigenvalue weighted by molar-refractivity contribution is 5.36. The first-order valence-corrected chi connectivity index (χ1v) is 4.71. The quantitative estimate of drug-likeness (QED) is 0.823. The van der Waals surface area contributed by atoms with Crippen LogP contribution in [0.25, 0.3) is 0 Å². The molecular weight excluding hydrogens is 200 g/mol. The van der Waals surface area contributed by atoms with Crippen LogP contribution in [0, 0.1) is 11.6 Å². The molecule has 0 bridgehead atoms. The van der Waals surface area contributed by atoms with Crippen molar-refractivity contribution >= 4 is 0 Å². The molecule has 0 aliphatic carbocycles. The summed E-state index contributed by atoms with van der Waals surface area (Å²) in [6.07, 6.45) is 0. The molecule has 1 aromatic carbocycles. The van der Waals surface area contributed by atoms with E-state index < -0.39 is 17.2 Å². The predicted octanol–water partition coefficient (Wildman–Crippen LogP) is 2.60. The maximum Gasteiger partial charge on any atom is 0.200 e. The number of ether oxygens (including phenoxy) is 1. The van der Waals surface area contributed by atoms with Crippen molar-refractivity contribution in [2.45, 2.75) is 32.9 Å². The van der Waals surface area contributed by atoms with Gasteiger partial charge < -0.3 is 10.5 Å². The topological polar surface area (TPSA) is 35.2 Å². The summed E-state index contributed by atoms with van der Waals surface area (Å²) in [5.41, 5.74) is 5.30. The second kappa shape index (κ2) is 4.14. The van der Waals surface area contributed by atoms with Gasteiger partial charge in [0, 0.05) is 12.1 Å². The van der Waals surface area contributed by atoms with Gasteiger partial charge in [0.05, 0.1) is 0 Å². The van der Waals surface area contributed by atoms with Gasteiger partial charge in [0.2, 0.25) is 5.82 Å². The number of benzene rings is 1. The third-order valence-electron chi connectivity index (χ3n) is 1.76. The average Bonchev–Trinajstić information content (AvgIpc) is 2.11. The van der Waals surface area contributed by atoms with E-state index in [-0.39, 0.29) is 12.3 Å². The van der Waals surface area contributed by atoms with Crippen LogP contribution in [0.15, 0.2) is 12.1 Å². The van der Waals surface area contributed by atoms with Crippen LogP contribution in [0.4, 0.5) is 8.78 Å². The van der Waals surface area contributed by atoms with E-state index in [9.17, 15) is 8.78 Å². The molecule has 0 saturated heterocycles. The average molecular weight is 215 g/mol. The molecule has 0 radical (unpaired) electrons. The van der Waals surface area contributed by atoms with Gasteiger partial charge in [-0.25, -0.2) is 4.39 Å². The van der Waals surface area contributed by atoms with E-state index >= 15 is 0 Å². The Morgan fingerprint density at radius 3 is 2.33 bits per heavy atom. The van der Waals surface area contributed by atoms with Gasteiger partial charge in [0.15, 0.2) is 11.6 Å². The molecule has 0 unspecified atom stereocenters. The minimum absolute atomic E-state index is 0.0926. The van der Waals surface area contributed by atoms with Gasteiger partial charge in [-0.05, 0) is 26.8 Å². The van der Waals surface area contributed by atoms with Crippen molar-refractivity contribution in [1.29, 1.82) is 0 Å². The molecule has 84 valence electrons. The van der Waals surface area contributed by atoms with Gasteiger partial charge in [0.25, 0.3) is 0 Å². The maximum atomic E-state index is 13.4. The van der Waals surface area contributed by atoms with E-state index in [1.54, 1.807) is 20.8 Å². The molecule has 0 heterocycles. The highest BCUT2D eigenvalue weighted by Crippen LogP contribution is 2.28. The first-order valence-electron chi connectivity index (χ1n) is 4.71. The number of nitrogens with two attached hydrogens (primary N) is 1. The lowest BCUT2D eigenvalue weighted by atomic mass is 10.1. The Morgan fingerprint density at radius 2 is 1.87 bits per heavy atom. The molecule has 0 amide bonds. The van der Waals surface area contributed by atoms with Crippen LogP contribution in [0.1, 0.15) is 26.3 Å². The lowest BCUT2D eigenvalue weighted by Crippen LogP contribution is -2.25. The van der Waals surface area contributed by atoms with Gasteiger partial charge in [-0.15, -0.1) is 0 Å². The summed E-state index contributed by atoms with van der Waals surface area (Å²) in [6, 6.07) is 2.48. The van der Waals surface area contributed by atoms with E-state index in [0.29, 0.717) is 5.56 Å². The molecule has 0 aliphatic rings. The summed E-state index contributed by atoms with van der Waals surface area (Å²) in [7, 11) is 0. The van der Waals surface area contributed by atoms with Crippen LogP contribution in [0.5, 0.6) is 5.75 Å². The van der Waals surface area contributed by atoms with Gasteiger partial charge in [-0.2, -0.15) is 4.39 Å². The van der Waals surface area contributed by atoms with E-state index in [2.05, 4.69) is 0 Å². The van der Waals surface area contributed by atoms with E-state index in [1.165, 1.54) is 6.07 Å². The minimum atomic E-state index is -0.979. The molecule has 1 rings (SSSR count). The highest BCUT2D eigenvalue weighted by Gasteiger charge is 2.20. The zero-order valence-electron chi connectivity index (χ0n) is 9.10. The minimum Gasteiger partial charge on any atom is -0.485 e. The second-order valence-electron chi connectivity index (χ2n) is 4.27. The van der Waals surface area contributed by atoms with Crippen molar-refractivity contribution in [1.82, 2.24) is 0 Å². The van der Waals surface area contributed by atoms with Crippen LogP contribution >= 0.6 is 0 Å². The van der Waals surface area contributed by atoms with Gasteiger partial charge in [-0.3, -0.25) is 0 Å². The summed E-state index contributed by atoms with van der Waals surface area (Å²) in [5, 5.41) is 0. The Balaban J connectivity index is 3.18. The Hall–Kier alpha value is -1.16. The summed E-state index contributed by atoms with van der Waals surface area (Å²) in [6.45, 7) is 5.40. The van der Waals surface area contributed by atoms with Crippen molar-refractivity contribution in [3.63, 3.8) is 0 Å².